The monoisotopic (exact) mass is 393 g/mol. The molecule has 9 heteroatoms. The predicted molar refractivity (Wildman–Crippen MR) is 91.2 cm³/mol. The first-order chi connectivity index (χ1) is 11.1. The topological polar surface area (TPSA) is 80.8 Å². The molecule has 0 unspecified atom stereocenters. The van der Waals surface area contributed by atoms with E-state index in [4.69, 9.17) is 27.9 Å². The highest BCUT2D eigenvalue weighted by Gasteiger charge is 2.35. The van der Waals surface area contributed by atoms with E-state index in [0.29, 0.717) is 11.4 Å². The highest BCUT2D eigenvalue weighted by Crippen LogP contribution is 2.23. The fraction of sp³-hybridized carbons (Fsp3) is 0.467. The maximum Gasteiger partial charge on any atom is 0.338 e. The van der Waals surface area contributed by atoms with Crippen LogP contribution in [-0.4, -0.2) is 55.9 Å². The lowest BCUT2D eigenvalue weighted by Gasteiger charge is -2.26. The number of ether oxygens (including phenoxy) is 1. The van der Waals surface area contributed by atoms with Crippen LogP contribution in [0.2, 0.25) is 10.0 Å². The van der Waals surface area contributed by atoms with Crippen molar-refractivity contribution < 1.29 is 22.7 Å². The van der Waals surface area contributed by atoms with Gasteiger partial charge < -0.3 is 9.64 Å². The predicted octanol–water partition coefficient (Wildman–Crippen LogP) is 2.18. The SMILES string of the molecule is C[C@H](OC(=O)c1ccc(Cl)c(Cl)c1)C(=O)N(C)[C@H]1CCS(=O)(=O)C1. The van der Waals surface area contributed by atoms with Crippen molar-refractivity contribution in [1.29, 1.82) is 0 Å². The maximum absolute atomic E-state index is 12.3. The minimum atomic E-state index is -3.10. The van der Waals surface area contributed by atoms with Crippen LogP contribution >= 0.6 is 23.2 Å². The van der Waals surface area contributed by atoms with Crippen molar-refractivity contribution in [1.82, 2.24) is 4.90 Å². The zero-order valence-corrected chi connectivity index (χ0v) is 15.5. The lowest BCUT2D eigenvalue weighted by molar-refractivity contribution is -0.140. The number of amides is 1. The standard InChI is InChI=1S/C15H17Cl2NO5S/c1-9(14(19)18(2)11-5-6-24(21,22)8-11)23-15(20)10-3-4-12(16)13(17)7-10/h3-4,7,9,11H,5-6,8H2,1-2H3/t9-,11-/m0/s1. The van der Waals surface area contributed by atoms with E-state index in [-0.39, 0.29) is 22.1 Å². The number of sulfone groups is 1. The van der Waals surface area contributed by atoms with Crippen molar-refractivity contribution in [3.05, 3.63) is 33.8 Å². The molecule has 0 N–H and O–H groups in total. The summed E-state index contributed by atoms with van der Waals surface area (Å²) in [6.45, 7) is 1.44. The summed E-state index contributed by atoms with van der Waals surface area (Å²) in [4.78, 5) is 25.7. The quantitative estimate of drug-likeness (QED) is 0.732. The minimum absolute atomic E-state index is 0.0622. The summed E-state index contributed by atoms with van der Waals surface area (Å²) in [5, 5.41) is 0.512. The molecular weight excluding hydrogens is 377 g/mol. The Hall–Kier alpha value is -1.31. The van der Waals surface area contributed by atoms with Gasteiger partial charge in [0.15, 0.2) is 15.9 Å². The Morgan fingerprint density at radius 3 is 2.50 bits per heavy atom. The molecule has 1 aliphatic rings. The average molecular weight is 394 g/mol. The molecule has 1 heterocycles. The molecule has 2 rings (SSSR count). The smallest absolute Gasteiger partial charge is 0.338 e. The molecule has 2 atom stereocenters. The zero-order chi connectivity index (χ0) is 18.1. The van der Waals surface area contributed by atoms with Gasteiger partial charge in [-0.1, -0.05) is 23.2 Å². The maximum atomic E-state index is 12.3. The van der Waals surface area contributed by atoms with E-state index in [1.165, 1.54) is 37.1 Å². The largest absolute Gasteiger partial charge is 0.449 e. The number of esters is 1. The van der Waals surface area contributed by atoms with E-state index in [2.05, 4.69) is 0 Å². The van der Waals surface area contributed by atoms with E-state index < -0.39 is 33.9 Å². The van der Waals surface area contributed by atoms with Crippen molar-refractivity contribution in [3.8, 4) is 0 Å². The van der Waals surface area contributed by atoms with Gasteiger partial charge in [0.1, 0.15) is 0 Å². The van der Waals surface area contributed by atoms with E-state index in [1.807, 2.05) is 0 Å². The fourth-order valence-electron chi connectivity index (χ4n) is 2.45. The van der Waals surface area contributed by atoms with Crippen molar-refractivity contribution in [2.45, 2.75) is 25.5 Å². The van der Waals surface area contributed by atoms with Crippen LogP contribution in [0.3, 0.4) is 0 Å². The third kappa shape index (κ3) is 4.40. The second kappa shape index (κ2) is 7.29. The molecule has 1 aromatic carbocycles. The van der Waals surface area contributed by atoms with Crippen LogP contribution in [0, 0.1) is 0 Å². The van der Waals surface area contributed by atoms with Gasteiger partial charge in [-0.2, -0.15) is 0 Å². The average Bonchev–Trinajstić information content (AvgIpc) is 2.88. The number of halogens is 2. The molecule has 6 nitrogen and oxygen atoms in total. The van der Waals surface area contributed by atoms with E-state index in [0.717, 1.165) is 0 Å². The highest BCUT2D eigenvalue weighted by molar-refractivity contribution is 7.91. The van der Waals surface area contributed by atoms with Crippen LogP contribution in [0.5, 0.6) is 0 Å². The summed E-state index contributed by atoms with van der Waals surface area (Å²) in [7, 11) is -1.59. The molecule has 1 saturated heterocycles. The van der Waals surface area contributed by atoms with Gasteiger partial charge in [0.25, 0.3) is 5.91 Å². The van der Waals surface area contributed by atoms with Gasteiger partial charge >= 0.3 is 5.97 Å². The number of nitrogens with zero attached hydrogens (tertiary/aromatic N) is 1. The van der Waals surface area contributed by atoms with Gasteiger partial charge in [0, 0.05) is 13.1 Å². The second-order valence-electron chi connectivity index (χ2n) is 5.68. The molecule has 0 aliphatic carbocycles. The Kier molecular flexibility index (Phi) is 5.78. The van der Waals surface area contributed by atoms with Gasteiger partial charge in [-0.05, 0) is 31.5 Å². The van der Waals surface area contributed by atoms with E-state index in [1.54, 1.807) is 0 Å². The van der Waals surface area contributed by atoms with Crippen LogP contribution in [0.15, 0.2) is 18.2 Å². The minimum Gasteiger partial charge on any atom is -0.449 e. The molecule has 1 fully saturated rings. The number of carbonyl (C=O) groups excluding carboxylic acids is 2. The molecular formula is C15H17Cl2NO5S. The molecule has 0 radical (unpaired) electrons. The first-order valence-corrected chi connectivity index (χ1v) is 9.81. The Morgan fingerprint density at radius 1 is 1.29 bits per heavy atom. The molecule has 0 saturated carbocycles. The molecule has 1 aliphatic heterocycles. The van der Waals surface area contributed by atoms with Gasteiger partial charge in [-0.25, -0.2) is 13.2 Å². The highest BCUT2D eigenvalue weighted by atomic mass is 35.5. The molecule has 132 valence electrons. The van der Waals surface area contributed by atoms with Crippen molar-refractivity contribution >= 4 is 44.9 Å². The molecule has 1 amide bonds. The molecule has 0 spiro atoms. The fourth-order valence-corrected chi connectivity index (χ4v) is 4.52. The van der Waals surface area contributed by atoms with Gasteiger partial charge in [-0.3, -0.25) is 4.79 Å². The van der Waals surface area contributed by atoms with Gasteiger partial charge in [-0.15, -0.1) is 0 Å². The number of carbonyl (C=O) groups is 2. The lowest BCUT2D eigenvalue weighted by atomic mass is 10.2. The Bertz CT molecular complexity index is 765. The van der Waals surface area contributed by atoms with Crippen molar-refractivity contribution in [3.63, 3.8) is 0 Å². The summed E-state index contributed by atoms with van der Waals surface area (Å²) >= 11 is 11.6. The lowest BCUT2D eigenvalue weighted by Crippen LogP contribution is -2.44. The van der Waals surface area contributed by atoms with E-state index in [9.17, 15) is 18.0 Å². The summed E-state index contributed by atoms with van der Waals surface area (Å²) in [5.74, 6) is -1.16. The van der Waals surface area contributed by atoms with Crippen LogP contribution in [-0.2, 0) is 19.4 Å². The molecule has 24 heavy (non-hydrogen) atoms. The third-order valence-electron chi connectivity index (χ3n) is 3.89. The van der Waals surface area contributed by atoms with Crippen LogP contribution in [0.4, 0.5) is 0 Å². The number of hydrogen-bond donors (Lipinski definition) is 0. The summed E-state index contributed by atoms with van der Waals surface area (Å²) < 4.78 is 28.2. The third-order valence-corrected chi connectivity index (χ3v) is 6.38. The van der Waals surface area contributed by atoms with Gasteiger partial charge in [0.05, 0.1) is 27.1 Å². The first-order valence-electron chi connectivity index (χ1n) is 7.24. The number of hydrogen-bond acceptors (Lipinski definition) is 5. The Balaban J connectivity index is 2.00. The summed E-state index contributed by atoms with van der Waals surface area (Å²) in [6.07, 6.45) is -0.654. The number of rotatable bonds is 4. The Labute approximate surface area is 150 Å². The second-order valence-corrected chi connectivity index (χ2v) is 8.73. The van der Waals surface area contributed by atoms with Gasteiger partial charge in [0.2, 0.25) is 0 Å². The van der Waals surface area contributed by atoms with E-state index >= 15 is 0 Å². The molecule has 1 aromatic rings. The van der Waals surface area contributed by atoms with Crippen LogP contribution in [0.25, 0.3) is 0 Å². The summed E-state index contributed by atoms with van der Waals surface area (Å²) in [6, 6.07) is 3.87. The summed E-state index contributed by atoms with van der Waals surface area (Å²) in [5.41, 5.74) is 0.176. The van der Waals surface area contributed by atoms with Crippen LogP contribution in [0.1, 0.15) is 23.7 Å². The Morgan fingerprint density at radius 2 is 1.96 bits per heavy atom. The number of benzene rings is 1. The van der Waals surface area contributed by atoms with Crippen LogP contribution < -0.4 is 0 Å². The molecule has 0 bridgehead atoms. The first kappa shape index (κ1) is 19.0. The number of likely N-dealkylation sites (N-methyl/N-ethyl adjacent to an activating group) is 1. The van der Waals surface area contributed by atoms with Crippen molar-refractivity contribution in [2.24, 2.45) is 0 Å². The van der Waals surface area contributed by atoms with Crippen molar-refractivity contribution in [2.75, 3.05) is 18.6 Å². The zero-order valence-electron chi connectivity index (χ0n) is 13.2. The molecule has 0 aromatic heterocycles. The normalized spacial score (nSPS) is 20.4.